The first-order valence-electron chi connectivity index (χ1n) is 6.74. The Kier molecular flexibility index (Phi) is 4.28. The standard InChI is InChI=1S/C13H16F3N3O3/c1-12(22,13(14,15)16)8-4-6-19(7-5-8)10-3-2-9(11(20)21)17-18-10/h2-3,8,22H,4-7H2,1H3,(H,20,21). The van der Waals surface area contributed by atoms with Crippen molar-refractivity contribution >= 4 is 11.8 Å². The van der Waals surface area contributed by atoms with Crippen LogP contribution in [0, 0.1) is 5.92 Å². The summed E-state index contributed by atoms with van der Waals surface area (Å²) in [6, 6.07) is 2.77. The fraction of sp³-hybridized carbons (Fsp3) is 0.615. The number of halogens is 3. The van der Waals surface area contributed by atoms with Crippen molar-refractivity contribution in [2.24, 2.45) is 5.92 Å². The highest BCUT2D eigenvalue weighted by atomic mass is 19.4. The number of anilines is 1. The highest BCUT2D eigenvalue weighted by Gasteiger charge is 2.54. The molecule has 0 aliphatic carbocycles. The third-order valence-corrected chi connectivity index (χ3v) is 4.06. The Hall–Kier alpha value is -1.90. The highest BCUT2D eigenvalue weighted by molar-refractivity contribution is 5.85. The van der Waals surface area contributed by atoms with Gasteiger partial charge in [-0.05, 0) is 37.8 Å². The largest absolute Gasteiger partial charge is 0.476 e. The topological polar surface area (TPSA) is 86.5 Å². The van der Waals surface area contributed by atoms with Crippen LogP contribution in [0.2, 0.25) is 0 Å². The minimum atomic E-state index is -4.66. The first kappa shape index (κ1) is 16.5. The molecule has 2 heterocycles. The lowest BCUT2D eigenvalue weighted by Crippen LogP contribution is -2.52. The number of aromatic carboxylic acids is 1. The van der Waals surface area contributed by atoms with Gasteiger partial charge in [-0.1, -0.05) is 0 Å². The summed E-state index contributed by atoms with van der Waals surface area (Å²) < 4.78 is 38.4. The number of carboxylic acid groups (broad SMARTS) is 1. The number of rotatable bonds is 3. The lowest BCUT2D eigenvalue weighted by atomic mass is 9.81. The summed E-state index contributed by atoms with van der Waals surface area (Å²) in [6.07, 6.45) is -4.34. The first-order chi connectivity index (χ1) is 10.1. The number of aromatic nitrogens is 2. The average molecular weight is 319 g/mol. The van der Waals surface area contributed by atoms with Crippen LogP contribution in [0.3, 0.4) is 0 Å². The Balaban J connectivity index is 2.02. The SMILES string of the molecule is CC(O)(C1CCN(c2ccc(C(=O)O)nn2)CC1)C(F)(F)F. The Bertz CT molecular complexity index is 538. The molecule has 122 valence electrons. The maximum absolute atomic E-state index is 12.8. The molecule has 6 nitrogen and oxygen atoms in total. The first-order valence-corrected chi connectivity index (χ1v) is 6.74. The van der Waals surface area contributed by atoms with Crippen LogP contribution in [0.1, 0.15) is 30.3 Å². The van der Waals surface area contributed by atoms with Crippen LogP contribution in [-0.4, -0.2) is 51.2 Å². The molecule has 2 rings (SSSR count). The minimum Gasteiger partial charge on any atom is -0.476 e. The number of alkyl halides is 3. The van der Waals surface area contributed by atoms with E-state index < -0.39 is 23.7 Å². The van der Waals surface area contributed by atoms with Crippen molar-refractivity contribution in [3.8, 4) is 0 Å². The number of aliphatic hydroxyl groups is 1. The molecule has 1 aliphatic rings. The number of carbonyl (C=O) groups is 1. The van der Waals surface area contributed by atoms with E-state index >= 15 is 0 Å². The van der Waals surface area contributed by atoms with Crippen molar-refractivity contribution in [1.82, 2.24) is 10.2 Å². The fourth-order valence-electron chi connectivity index (χ4n) is 2.51. The Morgan fingerprint density at radius 1 is 1.27 bits per heavy atom. The van der Waals surface area contributed by atoms with Gasteiger partial charge < -0.3 is 15.1 Å². The second-order valence-corrected chi connectivity index (χ2v) is 5.49. The maximum atomic E-state index is 12.8. The second kappa shape index (κ2) is 5.71. The second-order valence-electron chi connectivity index (χ2n) is 5.49. The molecule has 0 bridgehead atoms. The normalized spacial score (nSPS) is 19.8. The third-order valence-electron chi connectivity index (χ3n) is 4.06. The number of piperidine rings is 1. The summed E-state index contributed by atoms with van der Waals surface area (Å²) in [5, 5.41) is 25.7. The van der Waals surface area contributed by atoms with E-state index in [1.165, 1.54) is 12.1 Å². The van der Waals surface area contributed by atoms with Crippen molar-refractivity contribution in [2.75, 3.05) is 18.0 Å². The average Bonchev–Trinajstić information content (AvgIpc) is 2.46. The van der Waals surface area contributed by atoms with E-state index in [0.717, 1.165) is 6.92 Å². The van der Waals surface area contributed by atoms with Crippen LogP contribution in [-0.2, 0) is 0 Å². The molecule has 0 spiro atoms. The number of nitrogens with zero attached hydrogens (tertiary/aromatic N) is 3. The van der Waals surface area contributed by atoms with Crippen LogP contribution >= 0.6 is 0 Å². The van der Waals surface area contributed by atoms with E-state index in [1.807, 2.05) is 0 Å². The molecule has 1 atom stereocenters. The number of hydrogen-bond acceptors (Lipinski definition) is 5. The zero-order valence-electron chi connectivity index (χ0n) is 11.8. The molecule has 22 heavy (non-hydrogen) atoms. The van der Waals surface area contributed by atoms with E-state index in [4.69, 9.17) is 5.11 Å². The molecular formula is C13H16F3N3O3. The van der Waals surface area contributed by atoms with E-state index in [2.05, 4.69) is 10.2 Å². The number of hydrogen-bond donors (Lipinski definition) is 2. The predicted molar refractivity (Wildman–Crippen MR) is 70.6 cm³/mol. The quantitative estimate of drug-likeness (QED) is 0.882. The highest BCUT2D eigenvalue weighted by Crippen LogP contribution is 2.40. The summed E-state index contributed by atoms with van der Waals surface area (Å²) in [7, 11) is 0. The van der Waals surface area contributed by atoms with Crippen LogP contribution in [0.5, 0.6) is 0 Å². The van der Waals surface area contributed by atoms with E-state index in [0.29, 0.717) is 5.82 Å². The molecule has 2 N–H and O–H groups in total. The minimum absolute atomic E-state index is 0.162. The Morgan fingerprint density at radius 2 is 1.86 bits per heavy atom. The van der Waals surface area contributed by atoms with Crippen LogP contribution in [0.15, 0.2) is 12.1 Å². The zero-order valence-corrected chi connectivity index (χ0v) is 11.8. The van der Waals surface area contributed by atoms with Crippen molar-refractivity contribution in [1.29, 1.82) is 0 Å². The van der Waals surface area contributed by atoms with Crippen molar-refractivity contribution in [3.05, 3.63) is 17.8 Å². The van der Waals surface area contributed by atoms with Crippen LogP contribution in [0.4, 0.5) is 19.0 Å². The smallest absolute Gasteiger partial charge is 0.417 e. The van der Waals surface area contributed by atoms with Gasteiger partial charge in [-0.3, -0.25) is 0 Å². The van der Waals surface area contributed by atoms with Gasteiger partial charge in [-0.25, -0.2) is 4.79 Å². The van der Waals surface area contributed by atoms with E-state index in [1.54, 1.807) is 4.90 Å². The summed E-state index contributed by atoms with van der Waals surface area (Å²) in [6.45, 7) is 1.38. The molecule has 0 aromatic carbocycles. The van der Waals surface area contributed by atoms with Gasteiger partial charge in [0, 0.05) is 13.1 Å². The molecule has 1 unspecified atom stereocenters. The van der Waals surface area contributed by atoms with Gasteiger partial charge in [-0.2, -0.15) is 13.2 Å². The summed E-state index contributed by atoms with van der Waals surface area (Å²) in [4.78, 5) is 12.4. The van der Waals surface area contributed by atoms with Crippen molar-refractivity contribution in [2.45, 2.75) is 31.5 Å². The van der Waals surface area contributed by atoms with Crippen molar-refractivity contribution in [3.63, 3.8) is 0 Å². The molecule has 0 radical (unpaired) electrons. The van der Waals surface area contributed by atoms with Crippen LogP contribution in [0.25, 0.3) is 0 Å². The molecule has 9 heteroatoms. The van der Waals surface area contributed by atoms with Gasteiger partial charge in [0.25, 0.3) is 0 Å². The summed E-state index contributed by atoms with van der Waals surface area (Å²) in [5.74, 6) is -1.66. The summed E-state index contributed by atoms with van der Waals surface area (Å²) in [5.41, 5.74) is -2.91. The van der Waals surface area contributed by atoms with Gasteiger partial charge in [0.05, 0.1) is 0 Å². The van der Waals surface area contributed by atoms with Crippen molar-refractivity contribution < 1.29 is 28.2 Å². The molecule has 1 aromatic heterocycles. The lowest BCUT2D eigenvalue weighted by Gasteiger charge is -2.40. The van der Waals surface area contributed by atoms with Gasteiger partial charge in [0.1, 0.15) is 0 Å². The molecule has 1 saturated heterocycles. The molecule has 0 amide bonds. The monoisotopic (exact) mass is 319 g/mol. The molecular weight excluding hydrogens is 303 g/mol. The molecule has 1 aromatic rings. The molecule has 1 aliphatic heterocycles. The van der Waals surface area contributed by atoms with Gasteiger partial charge in [0.15, 0.2) is 17.1 Å². The van der Waals surface area contributed by atoms with Crippen LogP contribution < -0.4 is 4.90 Å². The maximum Gasteiger partial charge on any atom is 0.417 e. The van der Waals surface area contributed by atoms with Gasteiger partial charge in [-0.15, -0.1) is 10.2 Å². The van der Waals surface area contributed by atoms with Gasteiger partial charge >= 0.3 is 12.1 Å². The van der Waals surface area contributed by atoms with E-state index in [9.17, 15) is 23.1 Å². The molecule has 0 saturated carbocycles. The molecule has 1 fully saturated rings. The fourth-order valence-corrected chi connectivity index (χ4v) is 2.51. The lowest BCUT2D eigenvalue weighted by molar-refractivity contribution is -0.273. The summed E-state index contributed by atoms with van der Waals surface area (Å²) >= 11 is 0. The number of carboxylic acids is 1. The third kappa shape index (κ3) is 3.13. The Morgan fingerprint density at radius 3 is 2.27 bits per heavy atom. The van der Waals surface area contributed by atoms with Gasteiger partial charge in [0.2, 0.25) is 0 Å². The predicted octanol–water partition coefficient (Wildman–Crippen LogP) is 1.70. The van der Waals surface area contributed by atoms with E-state index in [-0.39, 0.29) is 31.6 Å². The zero-order chi connectivity index (χ0) is 16.5. The Labute approximate surface area is 124 Å².